The molecule has 3 heterocycles. The first kappa shape index (κ1) is 24.8. The van der Waals surface area contributed by atoms with Crippen LogP contribution in [-0.2, 0) is 0 Å². The Hall–Kier alpha value is -4.51. The fourth-order valence-electron chi connectivity index (χ4n) is 4.75. The van der Waals surface area contributed by atoms with E-state index >= 15 is 0 Å². The summed E-state index contributed by atoms with van der Waals surface area (Å²) >= 11 is 0. The average Bonchev–Trinajstić information content (AvgIpc) is 3.65. The minimum atomic E-state index is -0.334. The van der Waals surface area contributed by atoms with Gasteiger partial charge in [0.2, 0.25) is 0 Å². The number of amides is 2. The molecular formula is C28H31N9O2. The largest absolute Gasteiger partial charge is 0.366 e. The third-order valence-corrected chi connectivity index (χ3v) is 7.10. The smallest absolute Gasteiger partial charge is 0.276 e. The summed E-state index contributed by atoms with van der Waals surface area (Å²) in [6.07, 6.45) is 10.6. The van der Waals surface area contributed by atoms with Gasteiger partial charge in [-0.15, -0.1) is 5.10 Å². The highest BCUT2D eigenvalue weighted by Crippen LogP contribution is 2.27. The van der Waals surface area contributed by atoms with Gasteiger partial charge in [-0.05, 0) is 74.9 Å². The van der Waals surface area contributed by atoms with Crippen molar-refractivity contribution in [1.82, 2.24) is 24.9 Å². The van der Waals surface area contributed by atoms with Crippen LogP contribution in [0.25, 0.3) is 5.65 Å². The lowest BCUT2D eigenvalue weighted by atomic mass is 9.92. The van der Waals surface area contributed by atoms with E-state index in [-0.39, 0.29) is 23.9 Å². The number of nitrogens with two attached hydrogens (primary N) is 1. The predicted octanol–water partition coefficient (Wildman–Crippen LogP) is 3.69. The first-order valence-electron chi connectivity index (χ1n) is 13.3. The van der Waals surface area contributed by atoms with Crippen molar-refractivity contribution >= 4 is 40.3 Å². The van der Waals surface area contributed by atoms with Gasteiger partial charge in [-0.3, -0.25) is 14.6 Å². The average molecular weight is 526 g/mol. The Morgan fingerprint density at radius 1 is 0.872 bits per heavy atom. The molecule has 2 aliphatic rings. The Morgan fingerprint density at radius 3 is 2.31 bits per heavy atom. The van der Waals surface area contributed by atoms with Crippen LogP contribution in [0.1, 0.15) is 59.4 Å². The third-order valence-electron chi connectivity index (χ3n) is 7.10. The topological polar surface area (TPSA) is 151 Å². The quantitative estimate of drug-likeness (QED) is 0.234. The number of benzene rings is 1. The van der Waals surface area contributed by atoms with Crippen molar-refractivity contribution in [2.75, 3.05) is 16.0 Å². The molecule has 0 atom stereocenters. The van der Waals surface area contributed by atoms with Crippen LogP contribution in [0.5, 0.6) is 0 Å². The fraction of sp³-hybridized carbons (Fsp3) is 0.321. The number of carbonyl (C=O) groups is 2. The van der Waals surface area contributed by atoms with E-state index < -0.39 is 0 Å². The van der Waals surface area contributed by atoms with E-state index in [1.807, 2.05) is 18.2 Å². The lowest BCUT2D eigenvalue weighted by molar-refractivity contribution is 0.0950. The summed E-state index contributed by atoms with van der Waals surface area (Å²) in [5, 5.41) is 17.5. The predicted molar refractivity (Wildman–Crippen MR) is 149 cm³/mol. The molecule has 4 aromatic rings. The second-order valence-electron chi connectivity index (χ2n) is 10.2. The summed E-state index contributed by atoms with van der Waals surface area (Å²) in [7, 11) is 0. The monoisotopic (exact) mass is 525 g/mol. The van der Waals surface area contributed by atoms with E-state index in [9.17, 15) is 9.59 Å². The second-order valence-corrected chi connectivity index (χ2v) is 10.2. The molecule has 6 N–H and O–H groups in total. The summed E-state index contributed by atoms with van der Waals surface area (Å²) in [5.74, 6) is 0.230. The van der Waals surface area contributed by atoms with Crippen LogP contribution in [-0.4, -0.2) is 49.5 Å². The molecule has 0 aliphatic heterocycles. The molecule has 3 aromatic heterocycles. The highest BCUT2D eigenvalue weighted by Gasteiger charge is 2.24. The minimum Gasteiger partial charge on any atom is -0.366 e. The SMILES string of the molecule is NC1CCC(Nc2cc(Nc3ccc(C(=O)NC4CC4)cc3)c3ncc(C(=O)Nc4ccncc4)n3n2)CC1. The number of hydrogen-bond acceptors (Lipinski definition) is 8. The molecule has 6 rings (SSSR count). The van der Waals surface area contributed by atoms with Gasteiger partial charge in [0.1, 0.15) is 5.82 Å². The Morgan fingerprint density at radius 2 is 1.59 bits per heavy atom. The van der Waals surface area contributed by atoms with Crippen molar-refractivity contribution in [3.05, 3.63) is 72.3 Å². The number of fused-ring (bicyclic) bond motifs is 1. The van der Waals surface area contributed by atoms with Crippen LogP contribution in [0, 0.1) is 0 Å². The maximum atomic E-state index is 13.2. The van der Waals surface area contributed by atoms with Crippen LogP contribution in [0.4, 0.5) is 22.9 Å². The maximum absolute atomic E-state index is 13.2. The molecule has 200 valence electrons. The molecule has 39 heavy (non-hydrogen) atoms. The van der Waals surface area contributed by atoms with Crippen LogP contribution in [0.2, 0.25) is 0 Å². The van der Waals surface area contributed by atoms with E-state index in [1.165, 1.54) is 6.20 Å². The Bertz CT molecular complexity index is 1470. The van der Waals surface area contributed by atoms with Gasteiger partial charge in [0.25, 0.3) is 11.8 Å². The Labute approximate surface area is 225 Å². The zero-order valence-corrected chi connectivity index (χ0v) is 21.4. The molecular weight excluding hydrogens is 494 g/mol. The van der Waals surface area contributed by atoms with Crippen molar-refractivity contribution < 1.29 is 9.59 Å². The zero-order valence-electron chi connectivity index (χ0n) is 21.4. The molecule has 11 nitrogen and oxygen atoms in total. The van der Waals surface area contributed by atoms with E-state index in [0.717, 1.165) is 44.2 Å². The van der Waals surface area contributed by atoms with Crippen molar-refractivity contribution in [3.63, 3.8) is 0 Å². The maximum Gasteiger partial charge on any atom is 0.276 e. The summed E-state index contributed by atoms with van der Waals surface area (Å²) in [4.78, 5) is 34.0. The number of anilines is 4. The number of rotatable bonds is 8. The normalized spacial score (nSPS) is 18.9. The number of nitrogens with zero attached hydrogens (tertiary/aromatic N) is 4. The van der Waals surface area contributed by atoms with Crippen LogP contribution < -0.4 is 27.0 Å². The molecule has 0 saturated heterocycles. The molecule has 2 saturated carbocycles. The number of pyridine rings is 1. The Kier molecular flexibility index (Phi) is 6.80. The third kappa shape index (κ3) is 5.83. The summed E-state index contributed by atoms with van der Waals surface area (Å²) in [6, 6.07) is 13.4. The summed E-state index contributed by atoms with van der Waals surface area (Å²) in [6.45, 7) is 0. The number of imidazole rings is 1. The molecule has 0 unspecified atom stereocenters. The van der Waals surface area contributed by atoms with Gasteiger partial charge in [0.15, 0.2) is 11.3 Å². The van der Waals surface area contributed by atoms with Gasteiger partial charge >= 0.3 is 0 Å². The van der Waals surface area contributed by atoms with Gasteiger partial charge in [-0.1, -0.05) is 0 Å². The van der Waals surface area contributed by atoms with Gasteiger partial charge in [0, 0.05) is 53.5 Å². The van der Waals surface area contributed by atoms with Crippen molar-refractivity contribution in [1.29, 1.82) is 0 Å². The van der Waals surface area contributed by atoms with Gasteiger partial charge in [0.05, 0.1) is 11.9 Å². The highest BCUT2D eigenvalue weighted by atomic mass is 16.2. The second kappa shape index (κ2) is 10.7. The Balaban J connectivity index is 1.29. The molecule has 1 aromatic carbocycles. The first-order chi connectivity index (χ1) is 19.0. The van der Waals surface area contributed by atoms with Gasteiger partial charge in [-0.25, -0.2) is 9.50 Å². The number of aromatic nitrogens is 4. The minimum absolute atomic E-state index is 0.0628. The standard InChI is InChI=1S/C28H31N9O2/c29-18-3-7-20(8-4-18)33-25-15-23(32-19-5-1-17(2-6-19)27(38)34-21-9-10-21)26-31-16-24(37(26)36-25)28(39)35-22-11-13-30-14-12-22/h1-2,5-6,11-16,18,20-21,32H,3-4,7-10,29H2,(H,33,36)(H,34,38)(H,30,35,39). The molecule has 0 radical (unpaired) electrons. The molecule has 2 fully saturated rings. The first-order valence-corrected chi connectivity index (χ1v) is 13.3. The van der Waals surface area contributed by atoms with Crippen LogP contribution >= 0.6 is 0 Å². The van der Waals surface area contributed by atoms with E-state index in [1.54, 1.807) is 41.2 Å². The van der Waals surface area contributed by atoms with Crippen molar-refractivity contribution in [2.45, 2.75) is 56.7 Å². The van der Waals surface area contributed by atoms with Crippen LogP contribution in [0.3, 0.4) is 0 Å². The van der Waals surface area contributed by atoms with Crippen molar-refractivity contribution in [2.24, 2.45) is 5.73 Å². The van der Waals surface area contributed by atoms with E-state index in [0.29, 0.717) is 40.1 Å². The highest BCUT2D eigenvalue weighted by molar-refractivity contribution is 6.03. The van der Waals surface area contributed by atoms with E-state index in [4.69, 9.17) is 10.8 Å². The number of nitrogens with one attached hydrogen (secondary N) is 4. The summed E-state index contributed by atoms with van der Waals surface area (Å²) in [5.41, 5.74) is 9.59. The molecule has 0 bridgehead atoms. The molecule has 11 heteroatoms. The zero-order chi connectivity index (χ0) is 26.8. The number of hydrogen-bond donors (Lipinski definition) is 5. The fourth-order valence-corrected chi connectivity index (χ4v) is 4.75. The lowest BCUT2D eigenvalue weighted by Gasteiger charge is -2.27. The number of carbonyl (C=O) groups excluding carboxylic acids is 2. The van der Waals surface area contributed by atoms with E-state index in [2.05, 4.69) is 31.2 Å². The van der Waals surface area contributed by atoms with Crippen molar-refractivity contribution in [3.8, 4) is 0 Å². The summed E-state index contributed by atoms with van der Waals surface area (Å²) < 4.78 is 1.55. The molecule has 2 amide bonds. The van der Waals surface area contributed by atoms with Gasteiger partial charge in [-0.2, -0.15) is 0 Å². The lowest BCUT2D eigenvalue weighted by Crippen LogP contribution is -2.33. The molecule has 0 spiro atoms. The van der Waals surface area contributed by atoms with Gasteiger partial charge < -0.3 is 27.0 Å². The van der Waals surface area contributed by atoms with Crippen LogP contribution in [0.15, 0.2) is 61.1 Å². The molecule has 2 aliphatic carbocycles.